The third kappa shape index (κ3) is 2.23. The van der Waals surface area contributed by atoms with Gasteiger partial charge >= 0.3 is 0 Å². The average molecular weight is 320 g/mol. The maximum Gasteiger partial charge on any atom is 0.0845 e. The van der Waals surface area contributed by atoms with Crippen LogP contribution in [0.25, 0.3) is 5.69 Å². The average Bonchev–Trinajstić information content (AvgIpc) is 3.15. The summed E-state index contributed by atoms with van der Waals surface area (Å²) in [6, 6.07) is 8.54. The molecule has 1 aliphatic rings. The molecule has 0 unspecified atom stereocenters. The molecule has 3 rings (SSSR count). The van der Waals surface area contributed by atoms with E-state index >= 15 is 0 Å². The molecule has 1 fully saturated rings. The lowest BCUT2D eigenvalue weighted by molar-refractivity contribution is 0.659. The first-order chi connectivity index (χ1) is 9.18. The summed E-state index contributed by atoms with van der Waals surface area (Å²) in [7, 11) is 0. The molecule has 0 atom stereocenters. The zero-order valence-electron chi connectivity index (χ0n) is 11.1. The third-order valence-corrected chi connectivity index (χ3v) is 4.61. The highest BCUT2D eigenvalue weighted by Crippen LogP contribution is 2.48. The van der Waals surface area contributed by atoms with Crippen molar-refractivity contribution in [2.45, 2.75) is 31.6 Å². The van der Waals surface area contributed by atoms with Crippen LogP contribution >= 0.6 is 15.9 Å². The normalized spacial score (nSPS) is 16.6. The van der Waals surface area contributed by atoms with E-state index in [2.05, 4.69) is 47.1 Å². The maximum atomic E-state index is 5.89. The van der Waals surface area contributed by atoms with E-state index in [1.165, 1.54) is 5.56 Å². The summed E-state index contributed by atoms with van der Waals surface area (Å²) in [5, 5.41) is 4.73. The molecule has 1 aromatic heterocycles. The SMILES string of the molecule is CCc1ccc(-n2cc(Br)c(C3(CN)CC3)n2)cc1. The first kappa shape index (κ1) is 12.9. The number of rotatable bonds is 4. The minimum atomic E-state index is 0.118. The van der Waals surface area contributed by atoms with Crippen molar-refractivity contribution in [2.75, 3.05) is 6.54 Å². The summed E-state index contributed by atoms with van der Waals surface area (Å²) >= 11 is 3.62. The second kappa shape index (κ2) is 4.76. The summed E-state index contributed by atoms with van der Waals surface area (Å²) in [6.07, 6.45) is 5.39. The van der Waals surface area contributed by atoms with Crippen molar-refractivity contribution in [1.82, 2.24) is 9.78 Å². The van der Waals surface area contributed by atoms with Crippen LogP contribution in [0.4, 0.5) is 0 Å². The van der Waals surface area contributed by atoms with Gasteiger partial charge in [0, 0.05) is 18.2 Å². The van der Waals surface area contributed by atoms with Crippen molar-refractivity contribution < 1.29 is 0 Å². The van der Waals surface area contributed by atoms with Gasteiger partial charge in [-0.3, -0.25) is 0 Å². The highest BCUT2D eigenvalue weighted by molar-refractivity contribution is 9.10. The van der Waals surface area contributed by atoms with E-state index in [4.69, 9.17) is 10.8 Å². The van der Waals surface area contributed by atoms with Crippen molar-refractivity contribution in [3.05, 3.63) is 46.2 Å². The highest BCUT2D eigenvalue weighted by Gasteiger charge is 2.46. The molecule has 1 aromatic carbocycles. The Hall–Kier alpha value is -1.13. The van der Waals surface area contributed by atoms with Gasteiger partial charge in [-0.1, -0.05) is 19.1 Å². The second-order valence-corrected chi connectivity index (χ2v) is 6.13. The molecule has 1 saturated carbocycles. The van der Waals surface area contributed by atoms with Crippen LogP contribution < -0.4 is 5.73 Å². The molecule has 2 aromatic rings. The van der Waals surface area contributed by atoms with E-state index < -0.39 is 0 Å². The Morgan fingerprint density at radius 2 is 2.00 bits per heavy atom. The van der Waals surface area contributed by atoms with Crippen LogP contribution in [0.5, 0.6) is 0 Å². The van der Waals surface area contributed by atoms with Gasteiger partial charge in [0.25, 0.3) is 0 Å². The largest absolute Gasteiger partial charge is 0.330 e. The van der Waals surface area contributed by atoms with Gasteiger partial charge in [0.1, 0.15) is 0 Å². The van der Waals surface area contributed by atoms with Crippen LogP contribution in [-0.4, -0.2) is 16.3 Å². The lowest BCUT2D eigenvalue weighted by atomic mass is 10.0. The van der Waals surface area contributed by atoms with E-state index in [1.807, 2.05) is 10.9 Å². The first-order valence-electron chi connectivity index (χ1n) is 6.73. The highest BCUT2D eigenvalue weighted by atomic mass is 79.9. The Balaban J connectivity index is 1.95. The lowest BCUT2D eigenvalue weighted by Gasteiger charge is -2.09. The second-order valence-electron chi connectivity index (χ2n) is 5.27. The summed E-state index contributed by atoms with van der Waals surface area (Å²) in [5.41, 5.74) is 9.55. The minimum absolute atomic E-state index is 0.118. The van der Waals surface area contributed by atoms with Crippen LogP contribution in [-0.2, 0) is 11.8 Å². The molecule has 0 aliphatic heterocycles. The van der Waals surface area contributed by atoms with Crippen LogP contribution in [0.15, 0.2) is 34.9 Å². The molecule has 0 amide bonds. The molecule has 1 heterocycles. The number of aromatic nitrogens is 2. The van der Waals surface area contributed by atoms with E-state index in [-0.39, 0.29) is 5.41 Å². The topological polar surface area (TPSA) is 43.8 Å². The third-order valence-electron chi connectivity index (χ3n) is 4.03. The van der Waals surface area contributed by atoms with E-state index in [9.17, 15) is 0 Å². The molecule has 19 heavy (non-hydrogen) atoms. The monoisotopic (exact) mass is 319 g/mol. The fourth-order valence-corrected chi connectivity index (χ4v) is 3.11. The fourth-order valence-electron chi connectivity index (χ4n) is 2.42. The fraction of sp³-hybridized carbons (Fsp3) is 0.400. The molecule has 3 nitrogen and oxygen atoms in total. The first-order valence-corrected chi connectivity index (χ1v) is 7.53. The maximum absolute atomic E-state index is 5.89. The number of benzene rings is 1. The van der Waals surface area contributed by atoms with E-state index in [0.717, 1.165) is 35.1 Å². The smallest absolute Gasteiger partial charge is 0.0845 e. The Kier molecular flexibility index (Phi) is 3.23. The van der Waals surface area contributed by atoms with Crippen LogP contribution in [0.2, 0.25) is 0 Å². The molecular formula is C15H18BrN3. The van der Waals surface area contributed by atoms with Gasteiger partial charge in [0.2, 0.25) is 0 Å². The van der Waals surface area contributed by atoms with Gasteiger partial charge in [-0.2, -0.15) is 5.10 Å². The quantitative estimate of drug-likeness (QED) is 0.940. The Morgan fingerprint density at radius 1 is 1.32 bits per heavy atom. The molecule has 2 N–H and O–H groups in total. The summed E-state index contributed by atoms with van der Waals surface area (Å²) in [6.45, 7) is 2.84. The molecular weight excluding hydrogens is 302 g/mol. The van der Waals surface area contributed by atoms with Crippen molar-refractivity contribution >= 4 is 15.9 Å². The van der Waals surface area contributed by atoms with Crippen molar-refractivity contribution in [3.63, 3.8) is 0 Å². The summed E-state index contributed by atoms with van der Waals surface area (Å²) < 4.78 is 3.00. The summed E-state index contributed by atoms with van der Waals surface area (Å²) in [4.78, 5) is 0. The summed E-state index contributed by atoms with van der Waals surface area (Å²) in [5.74, 6) is 0. The van der Waals surface area contributed by atoms with Gasteiger partial charge in [0.05, 0.1) is 15.9 Å². The van der Waals surface area contributed by atoms with Gasteiger partial charge in [-0.05, 0) is 52.9 Å². The van der Waals surface area contributed by atoms with Crippen LogP contribution in [0.1, 0.15) is 31.0 Å². The van der Waals surface area contributed by atoms with E-state index in [1.54, 1.807) is 0 Å². The molecule has 0 spiro atoms. The number of nitrogens with zero attached hydrogens (tertiary/aromatic N) is 2. The predicted molar refractivity (Wildman–Crippen MR) is 80.6 cm³/mol. The number of aryl methyl sites for hydroxylation is 1. The molecule has 0 saturated heterocycles. The van der Waals surface area contributed by atoms with Gasteiger partial charge in [0.15, 0.2) is 0 Å². The zero-order chi connectivity index (χ0) is 13.5. The number of nitrogens with two attached hydrogens (primary N) is 1. The van der Waals surface area contributed by atoms with Crippen LogP contribution in [0, 0.1) is 0 Å². The number of halogens is 1. The molecule has 0 radical (unpaired) electrons. The van der Waals surface area contributed by atoms with Gasteiger partial charge in [-0.25, -0.2) is 4.68 Å². The van der Waals surface area contributed by atoms with Crippen molar-refractivity contribution in [3.8, 4) is 5.69 Å². The lowest BCUT2D eigenvalue weighted by Crippen LogP contribution is -2.21. The Morgan fingerprint density at radius 3 is 2.53 bits per heavy atom. The Bertz CT molecular complexity index is 582. The van der Waals surface area contributed by atoms with Crippen molar-refractivity contribution in [2.24, 2.45) is 5.73 Å². The van der Waals surface area contributed by atoms with Crippen molar-refractivity contribution in [1.29, 1.82) is 0 Å². The molecule has 1 aliphatic carbocycles. The van der Waals surface area contributed by atoms with E-state index in [0.29, 0.717) is 6.54 Å². The molecule has 100 valence electrons. The predicted octanol–water partition coefficient (Wildman–Crippen LogP) is 3.19. The van der Waals surface area contributed by atoms with Gasteiger partial charge < -0.3 is 5.73 Å². The number of hydrogen-bond acceptors (Lipinski definition) is 2. The Labute approximate surface area is 121 Å². The molecule has 0 bridgehead atoms. The minimum Gasteiger partial charge on any atom is -0.330 e. The van der Waals surface area contributed by atoms with Gasteiger partial charge in [-0.15, -0.1) is 0 Å². The van der Waals surface area contributed by atoms with Crippen LogP contribution in [0.3, 0.4) is 0 Å². The molecule has 4 heteroatoms. The number of hydrogen-bond donors (Lipinski definition) is 1. The standard InChI is InChI=1S/C15H18BrN3/c1-2-11-3-5-12(6-4-11)19-9-13(16)14(18-19)15(10-17)7-8-15/h3-6,9H,2,7-8,10,17H2,1H3. The zero-order valence-corrected chi connectivity index (χ0v) is 12.7.